The van der Waals surface area contributed by atoms with Crippen LogP contribution < -0.4 is 5.32 Å². The van der Waals surface area contributed by atoms with Crippen LogP contribution >= 0.6 is 11.8 Å². The Labute approximate surface area is 174 Å². The minimum atomic E-state index is -0.802. The summed E-state index contributed by atoms with van der Waals surface area (Å²) in [6, 6.07) is 14.0. The van der Waals surface area contributed by atoms with Crippen LogP contribution in [0.1, 0.15) is 57.1 Å². The maximum Gasteiger partial charge on any atom is 0.262 e. The van der Waals surface area contributed by atoms with E-state index in [-0.39, 0.29) is 23.8 Å². The number of carbonyl (C=O) groups is 3. The summed E-state index contributed by atoms with van der Waals surface area (Å²) in [5.41, 5.74) is 3.15. The van der Waals surface area contributed by atoms with Gasteiger partial charge in [-0.25, -0.2) is 0 Å². The minimum absolute atomic E-state index is 0.0839. The largest absolute Gasteiger partial charge is 0.347 e. The Bertz CT molecular complexity index is 924. The molecule has 2 atom stereocenters. The topological polar surface area (TPSA) is 66.5 Å². The average molecular weight is 409 g/mol. The molecule has 0 spiro atoms. The Balaban J connectivity index is 1.59. The van der Waals surface area contributed by atoms with E-state index in [1.165, 1.54) is 5.56 Å². The van der Waals surface area contributed by atoms with Crippen LogP contribution in [0.5, 0.6) is 0 Å². The second-order valence-corrected chi connectivity index (χ2v) is 8.46. The van der Waals surface area contributed by atoms with Crippen LogP contribution in [0.25, 0.3) is 0 Å². The van der Waals surface area contributed by atoms with Crippen molar-refractivity contribution in [1.82, 2.24) is 10.2 Å². The molecule has 150 valence electrons. The van der Waals surface area contributed by atoms with Crippen LogP contribution in [-0.2, 0) is 11.2 Å². The zero-order valence-electron chi connectivity index (χ0n) is 16.4. The summed E-state index contributed by atoms with van der Waals surface area (Å²) < 4.78 is 0. The predicted octanol–water partition coefficient (Wildman–Crippen LogP) is 3.60. The summed E-state index contributed by atoms with van der Waals surface area (Å²) in [5.74, 6) is -0.325. The highest BCUT2D eigenvalue weighted by atomic mass is 32.2. The van der Waals surface area contributed by atoms with Gasteiger partial charge in [-0.15, -0.1) is 0 Å². The molecule has 2 aliphatic rings. The van der Waals surface area contributed by atoms with Crippen molar-refractivity contribution < 1.29 is 14.4 Å². The number of fused-ring (bicyclic) bond motifs is 2. The molecule has 1 aliphatic heterocycles. The fourth-order valence-corrected chi connectivity index (χ4v) is 4.73. The molecule has 0 saturated heterocycles. The maximum absolute atomic E-state index is 13.3. The van der Waals surface area contributed by atoms with Gasteiger partial charge in [0.25, 0.3) is 11.8 Å². The molecule has 0 fully saturated rings. The van der Waals surface area contributed by atoms with E-state index in [1.807, 2.05) is 18.4 Å². The Hall–Kier alpha value is -2.60. The number of carbonyl (C=O) groups excluding carboxylic acids is 3. The van der Waals surface area contributed by atoms with Gasteiger partial charge in [0, 0.05) is 0 Å². The SMILES string of the molecule is CSCC[C@H](C(=O)N[C@@H]1CCCc2ccccc21)N1C(=O)c2ccccc2C1=O. The number of aryl methyl sites for hydroxylation is 1. The van der Waals surface area contributed by atoms with Crippen molar-refractivity contribution in [2.45, 2.75) is 37.8 Å². The van der Waals surface area contributed by atoms with Crippen LogP contribution in [0, 0.1) is 0 Å². The highest BCUT2D eigenvalue weighted by molar-refractivity contribution is 7.98. The lowest BCUT2D eigenvalue weighted by Gasteiger charge is -2.30. The molecule has 1 heterocycles. The van der Waals surface area contributed by atoms with Crippen LogP contribution in [-0.4, -0.2) is 40.7 Å². The molecule has 0 unspecified atom stereocenters. The first-order valence-corrected chi connectivity index (χ1v) is 11.3. The maximum atomic E-state index is 13.3. The van der Waals surface area contributed by atoms with E-state index in [1.54, 1.807) is 36.0 Å². The van der Waals surface area contributed by atoms with Gasteiger partial charge in [0.05, 0.1) is 17.2 Å². The van der Waals surface area contributed by atoms with Gasteiger partial charge in [-0.1, -0.05) is 36.4 Å². The first-order chi connectivity index (χ1) is 14.1. The number of nitrogens with one attached hydrogen (secondary N) is 1. The fraction of sp³-hybridized carbons (Fsp3) is 0.348. The van der Waals surface area contributed by atoms with Crippen molar-refractivity contribution in [3.63, 3.8) is 0 Å². The number of nitrogens with zero attached hydrogens (tertiary/aromatic N) is 1. The standard InChI is InChI=1S/C23H24N2O3S/c1-29-14-13-20(25-22(27)17-10-4-5-11-18(17)23(25)28)21(26)24-19-12-6-8-15-7-2-3-9-16(15)19/h2-5,7,9-11,19-20H,6,8,12-14H2,1H3,(H,24,26)/t19-,20-/m1/s1. The zero-order valence-corrected chi connectivity index (χ0v) is 17.2. The van der Waals surface area contributed by atoms with Crippen LogP contribution in [0.4, 0.5) is 0 Å². The van der Waals surface area contributed by atoms with Crippen molar-refractivity contribution in [2.24, 2.45) is 0 Å². The third kappa shape index (κ3) is 3.69. The summed E-state index contributed by atoms with van der Waals surface area (Å²) in [6.07, 6.45) is 5.27. The van der Waals surface area contributed by atoms with Gasteiger partial charge in [-0.3, -0.25) is 19.3 Å². The van der Waals surface area contributed by atoms with Gasteiger partial charge in [-0.2, -0.15) is 11.8 Å². The smallest absolute Gasteiger partial charge is 0.262 e. The zero-order chi connectivity index (χ0) is 20.4. The third-order valence-electron chi connectivity index (χ3n) is 5.72. The lowest BCUT2D eigenvalue weighted by Crippen LogP contribution is -2.50. The monoisotopic (exact) mass is 408 g/mol. The number of benzene rings is 2. The number of imide groups is 1. The molecule has 0 bridgehead atoms. The summed E-state index contributed by atoms with van der Waals surface area (Å²) in [7, 11) is 0. The van der Waals surface area contributed by atoms with Gasteiger partial charge >= 0.3 is 0 Å². The second kappa shape index (κ2) is 8.41. The first kappa shape index (κ1) is 19.7. The quantitative estimate of drug-likeness (QED) is 0.742. The highest BCUT2D eigenvalue weighted by Gasteiger charge is 2.42. The number of hydrogen-bond acceptors (Lipinski definition) is 4. The van der Waals surface area contributed by atoms with E-state index >= 15 is 0 Å². The summed E-state index contributed by atoms with van der Waals surface area (Å²) >= 11 is 1.60. The summed E-state index contributed by atoms with van der Waals surface area (Å²) in [5, 5.41) is 3.13. The Morgan fingerprint density at radius 1 is 1.10 bits per heavy atom. The number of hydrogen-bond donors (Lipinski definition) is 1. The Morgan fingerprint density at radius 2 is 1.76 bits per heavy atom. The van der Waals surface area contributed by atoms with Gasteiger partial charge in [0.15, 0.2) is 0 Å². The van der Waals surface area contributed by atoms with Gasteiger partial charge in [0.1, 0.15) is 6.04 Å². The number of amides is 3. The molecule has 1 N–H and O–H groups in total. The van der Waals surface area contributed by atoms with E-state index in [2.05, 4.69) is 17.4 Å². The molecule has 6 heteroatoms. The first-order valence-electron chi connectivity index (χ1n) is 9.96. The molecular weight excluding hydrogens is 384 g/mol. The number of thioether (sulfide) groups is 1. The Kier molecular flexibility index (Phi) is 5.72. The van der Waals surface area contributed by atoms with Crippen molar-refractivity contribution in [3.8, 4) is 0 Å². The molecule has 3 amide bonds. The molecule has 1 aliphatic carbocycles. The van der Waals surface area contributed by atoms with Gasteiger partial charge in [-0.05, 0) is 61.0 Å². The Morgan fingerprint density at radius 3 is 2.45 bits per heavy atom. The lowest BCUT2D eigenvalue weighted by atomic mass is 9.87. The summed E-state index contributed by atoms with van der Waals surface area (Å²) in [6.45, 7) is 0. The minimum Gasteiger partial charge on any atom is -0.347 e. The highest BCUT2D eigenvalue weighted by Crippen LogP contribution is 2.31. The number of rotatable bonds is 6. The molecule has 0 radical (unpaired) electrons. The molecule has 4 rings (SSSR count). The average Bonchev–Trinajstić information content (AvgIpc) is 3.00. The van der Waals surface area contributed by atoms with E-state index in [9.17, 15) is 14.4 Å². The molecule has 29 heavy (non-hydrogen) atoms. The van der Waals surface area contributed by atoms with Crippen molar-refractivity contribution in [2.75, 3.05) is 12.0 Å². The molecule has 2 aromatic carbocycles. The predicted molar refractivity (Wildman–Crippen MR) is 114 cm³/mol. The van der Waals surface area contributed by atoms with E-state index in [0.717, 1.165) is 29.7 Å². The molecule has 0 aromatic heterocycles. The van der Waals surface area contributed by atoms with Gasteiger partial charge in [0.2, 0.25) is 5.91 Å². The van der Waals surface area contributed by atoms with E-state index in [4.69, 9.17) is 0 Å². The van der Waals surface area contributed by atoms with Crippen molar-refractivity contribution >= 4 is 29.5 Å². The van der Waals surface area contributed by atoms with Crippen LogP contribution in [0.2, 0.25) is 0 Å². The van der Waals surface area contributed by atoms with Crippen molar-refractivity contribution in [1.29, 1.82) is 0 Å². The van der Waals surface area contributed by atoms with Gasteiger partial charge < -0.3 is 5.32 Å². The lowest BCUT2D eigenvalue weighted by molar-refractivity contribution is -0.126. The normalized spacial score (nSPS) is 18.9. The third-order valence-corrected chi connectivity index (χ3v) is 6.37. The van der Waals surface area contributed by atoms with E-state index < -0.39 is 6.04 Å². The fourth-order valence-electron chi connectivity index (χ4n) is 4.27. The molecule has 2 aromatic rings. The molecule has 0 saturated carbocycles. The van der Waals surface area contributed by atoms with Crippen LogP contribution in [0.15, 0.2) is 48.5 Å². The van der Waals surface area contributed by atoms with Crippen molar-refractivity contribution in [3.05, 3.63) is 70.8 Å². The van der Waals surface area contributed by atoms with E-state index in [0.29, 0.717) is 23.3 Å². The summed E-state index contributed by atoms with van der Waals surface area (Å²) in [4.78, 5) is 40.3. The molecule has 5 nitrogen and oxygen atoms in total. The van der Waals surface area contributed by atoms with Crippen LogP contribution in [0.3, 0.4) is 0 Å². The molecular formula is C23H24N2O3S. The second-order valence-electron chi connectivity index (χ2n) is 7.48.